The molecule has 2 nitrogen and oxygen atoms in total. The molecule has 2 aliphatic heterocycles. The van der Waals surface area contributed by atoms with E-state index in [0.717, 1.165) is 5.92 Å². The predicted octanol–water partition coefficient (Wildman–Crippen LogP) is 1.55. The highest BCUT2D eigenvalue weighted by molar-refractivity contribution is 7.69. The van der Waals surface area contributed by atoms with Gasteiger partial charge in [0, 0.05) is 33.4 Å². The average Bonchev–Trinajstić information content (AvgIpc) is 2.82. The molecule has 0 aliphatic carbocycles. The van der Waals surface area contributed by atoms with Crippen LogP contribution in [0.3, 0.4) is 0 Å². The first-order chi connectivity index (χ1) is 5.63. The molecule has 2 saturated heterocycles. The van der Waals surface area contributed by atoms with Crippen molar-refractivity contribution < 1.29 is 0 Å². The van der Waals surface area contributed by atoms with Gasteiger partial charge in [0.25, 0.3) is 0 Å². The molecule has 0 unspecified atom stereocenters. The second-order valence-electron chi connectivity index (χ2n) is 4.36. The normalized spacial score (nSPS) is 24.9. The minimum absolute atomic E-state index is 0.803. The van der Waals surface area contributed by atoms with Gasteiger partial charge in [0.1, 0.15) is 0 Å². The minimum atomic E-state index is -1.03. The van der Waals surface area contributed by atoms with Crippen molar-refractivity contribution in [3.63, 3.8) is 0 Å². The van der Waals surface area contributed by atoms with E-state index in [2.05, 4.69) is 29.5 Å². The van der Waals surface area contributed by atoms with E-state index in [0.29, 0.717) is 0 Å². The van der Waals surface area contributed by atoms with Gasteiger partial charge in [-0.15, -0.1) is 0 Å². The zero-order valence-corrected chi connectivity index (χ0v) is 9.06. The Kier molecular flexibility index (Phi) is 2.10. The summed E-state index contributed by atoms with van der Waals surface area (Å²) in [5, 5.41) is 0. The quantitative estimate of drug-likeness (QED) is 0.485. The highest BCUT2D eigenvalue weighted by atomic mass is 31.2. The molecule has 2 heterocycles. The third-order valence-electron chi connectivity index (χ3n) is 2.56. The van der Waals surface area contributed by atoms with Crippen LogP contribution in [0, 0.1) is 5.92 Å². The highest BCUT2D eigenvalue weighted by Gasteiger charge is 2.41. The van der Waals surface area contributed by atoms with Gasteiger partial charge in [-0.2, -0.15) is 0 Å². The second kappa shape index (κ2) is 2.87. The molecular weight excluding hydrogens is 167 g/mol. The summed E-state index contributed by atoms with van der Waals surface area (Å²) in [6.07, 6.45) is 5.82. The van der Waals surface area contributed by atoms with E-state index in [9.17, 15) is 0 Å². The van der Waals surface area contributed by atoms with Gasteiger partial charge < -0.3 is 0 Å². The van der Waals surface area contributed by atoms with Crippen LogP contribution in [0.5, 0.6) is 0 Å². The van der Waals surface area contributed by atoms with Gasteiger partial charge in [0.2, 0.25) is 0 Å². The standard InChI is InChI=1S/C9H19N2P/c1-9(2)8-12(3,10-4-5-10)11-6-7-11/h9H,3-8H2,1-2H3. The van der Waals surface area contributed by atoms with Crippen molar-refractivity contribution in [2.24, 2.45) is 5.92 Å². The van der Waals surface area contributed by atoms with E-state index in [1.165, 1.54) is 32.3 Å². The molecule has 0 radical (unpaired) electrons. The van der Waals surface area contributed by atoms with Gasteiger partial charge in [-0.1, -0.05) is 20.1 Å². The minimum Gasteiger partial charge on any atom is -0.270 e. The van der Waals surface area contributed by atoms with Crippen LogP contribution < -0.4 is 0 Å². The summed E-state index contributed by atoms with van der Waals surface area (Å²) in [7, 11) is -1.03. The first-order valence-electron chi connectivity index (χ1n) is 4.86. The molecule has 2 rings (SSSR count). The summed E-state index contributed by atoms with van der Waals surface area (Å²) in [6, 6.07) is 0. The molecule has 0 aromatic rings. The van der Waals surface area contributed by atoms with Crippen molar-refractivity contribution in [1.82, 2.24) is 9.34 Å². The van der Waals surface area contributed by atoms with E-state index in [-0.39, 0.29) is 0 Å². The summed E-state index contributed by atoms with van der Waals surface area (Å²) in [4.78, 5) is 0. The first-order valence-corrected chi connectivity index (χ1v) is 6.93. The van der Waals surface area contributed by atoms with Crippen molar-refractivity contribution >= 4 is 13.5 Å². The lowest BCUT2D eigenvalue weighted by molar-refractivity contribution is 0.694. The Morgan fingerprint density at radius 1 is 1.17 bits per heavy atom. The molecule has 12 heavy (non-hydrogen) atoms. The monoisotopic (exact) mass is 186 g/mol. The highest BCUT2D eigenvalue weighted by Crippen LogP contribution is 2.60. The van der Waals surface area contributed by atoms with Gasteiger partial charge in [-0.3, -0.25) is 9.34 Å². The van der Waals surface area contributed by atoms with Gasteiger partial charge >= 0.3 is 0 Å². The molecule has 0 N–H and O–H groups in total. The van der Waals surface area contributed by atoms with E-state index < -0.39 is 7.19 Å². The van der Waals surface area contributed by atoms with Gasteiger partial charge in [0.15, 0.2) is 0 Å². The van der Waals surface area contributed by atoms with Crippen molar-refractivity contribution in [3.8, 4) is 0 Å². The Morgan fingerprint density at radius 2 is 1.58 bits per heavy atom. The molecule has 3 heteroatoms. The summed E-state index contributed by atoms with van der Waals surface area (Å²) in [5.41, 5.74) is 0. The molecule has 70 valence electrons. The van der Waals surface area contributed by atoms with Crippen LogP contribution in [0.15, 0.2) is 0 Å². The van der Waals surface area contributed by atoms with Crippen molar-refractivity contribution in [2.75, 3.05) is 32.3 Å². The van der Waals surface area contributed by atoms with E-state index >= 15 is 0 Å². The number of rotatable bonds is 4. The fraction of sp³-hybridized carbons (Fsp3) is 0.889. The number of nitrogens with zero attached hydrogens (tertiary/aromatic N) is 2. The average molecular weight is 186 g/mol. The van der Waals surface area contributed by atoms with Crippen LogP contribution in [0.25, 0.3) is 0 Å². The maximum atomic E-state index is 4.50. The molecular formula is C9H19N2P. The van der Waals surface area contributed by atoms with Crippen molar-refractivity contribution in [1.29, 1.82) is 0 Å². The molecule has 0 aromatic carbocycles. The molecule has 0 bridgehead atoms. The number of hydrogen-bond acceptors (Lipinski definition) is 2. The topological polar surface area (TPSA) is 6.02 Å². The predicted molar refractivity (Wildman–Crippen MR) is 56.9 cm³/mol. The Morgan fingerprint density at radius 3 is 1.83 bits per heavy atom. The van der Waals surface area contributed by atoms with Gasteiger partial charge in [-0.05, 0) is 12.1 Å². The SMILES string of the molecule is C=P(CC(C)C)(N1CC1)N1CC1. The fourth-order valence-corrected chi connectivity index (χ4v) is 5.49. The largest absolute Gasteiger partial charge is 0.270 e. The van der Waals surface area contributed by atoms with Gasteiger partial charge in [0.05, 0.1) is 0 Å². The molecule has 2 aliphatic rings. The molecule has 0 saturated carbocycles. The third-order valence-corrected chi connectivity index (χ3v) is 6.78. The molecule has 0 spiro atoms. The van der Waals surface area contributed by atoms with Crippen molar-refractivity contribution in [2.45, 2.75) is 13.8 Å². The Balaban J connectivity index is 2.04. The molecule has 0 aromatic heterocycles. The maximum Gasteiger partial charge on any atom is 0.0163 e. The summed E-state index contributed by atoms with van der Waals surface area (Å²) in [5.74, 6) is 0.803. The zero-order chi connectivity index (χ0) is 8.77. The lowest BCUT2D eigenvalue weighted by atomic mass is 10.3. The van der Waals surface area contributed by atoms with Crippen molar-refractivity contribution in [3.05, 3.63) is 0 Å². The summed E-state index contributed by atoms with van der Waals surface area (Å²) < 4.78 is 5.19. The van der Waals surface area contributed by atoms with E-state index in [1.54, 1.807) is 0 Å². The van der Waals surface area contributed by atoms with Crippen LogP contribution in [0.4, 0.5) is 0 Å². The third kappa shape index (κ3) is 1.61. The zero-order valence-electron chi connectivity index (χ0n) is 8.16. The van der Waals surface area contributed by atoms with E-state index in [4.69, 9.17) is 0 Å². The summed E-state index contributed by atoms with van der Waals surface area (Å²) in [6.45, 7) is 9.85. The van der Waals surface area contributed by atoms with Crippen LogP contribution in [0.1, 0.15) is 13.8 Å². The lowest BCUT2D eigenvalue weighted by Gasteiger charge is -2.28. The molecule has 0 atom stereocenters. The summed E-state index contributed by atoms with van der Waals surface area (Å²) >= 11 is 0. The number of hydrogen-bond donors (Lipinski definition) is 0. The van der Waals surface area contributed by atoms with Crippen LogP contribution in [-0.2, 0) is 0 Å². The Hall–Kier alpha value is 0.220. The van der Waals surface area contributed by atoms with Crippen LogP contribution in [0.2, 0.25) is 0 Å². The smallest absolute Gasteiger partial charge is 0.0163 e. The maximum absolute atomic E-state index is 4.50. The fourth-order valence-electron chi connectivity index (χ4n) is 1.83. The first kappa shape index (κ1) is 8.80. The Bertz CT molecular complexity index is 201. The Labute approximate surface area is 75.6 Å². The van der Waals surface area contributed by atoms with Crippen LogP contribution >= 0.6 is 7.19 Å². The molecule has 2 fully saturated rings. The molecule has 0 amide bonds. The van der Waals surface area contributed by atoms with Gasteiger partial charge in [-0.25, -0.2) is 0 Å². The second-order valence-corrected chi connectivity index (χ2v) is 7.62. The van der Waals surface area contributed by atoms with Crippen LogP contribution in [-0.4, -0.2) is 48.0 Å². The lowest BCUT2D eigenvalue weighted by Crippen LogP contribution is -2.12. The van der Waals surface area contributed by atoms with E-state index in [1.807, 2.05) is 0 Å².